The molecular weight excluding hydrogens is 445 g/mol. The third-order valence-corrected chi connectivity index (χ3v) is 6.68. The molecule has 0 spiro atoms. The van der Waals surface area contributed by atoms with Crippen LogP contribution >= 0.6 is 0 Å². The van der Waals surface area contributed by atoms with Crippen LogP contribution in [0.3, 0.4) is 0 Å². The number of morpholine rings is 1. The van der Waals surface area contributed by atoms with Gasteiger partial charge in [0.05, 0.1) is 12.2 Å². The maximum absolute atomic E-state index is 13.3. The fourth-order valence-corrected chi connectivity index (χ4v) is 5.14. The average Bonchev–Trinajstić information content (AvgIpc) is 2.78. The van der Waals surface area contributed by atoms with Gasteiger partial charge < -0.3 is 14.4 Å². The predicted octanol–water partition coefficient (Wildman–Crippen LogP) is 5.27. The van der Waals surface area contributed by atoms with E-state index in [2.05, 4.69) is 23.5 Å². The zero-order valence-electron chi connectivity index (χ0n) is 19.8. The van der Waals surface area contributed by atoms with Crippen molar-refractivity contribution in [1.82, 2.24) is 9.80 Å². The molecule has 184 valence electrons. The number of carbonyl (C=O) groups excluding carboxylic acids is 1. The zero-order valence-corrected chi connectivity index (χ0v) is 19.8. The monoisotopic (exact) mass is 476 g/mol. The lowest BCUT2D eigenvalue weighted by atomic mass is 9.94. The van der Waals surface area contributed by atoms with Gasteiger partial charge in [-0.05, 0) is 68.5 Å². The summed E-state index contributed by atoms with van der Waals surface area (Å²) in [6, 6.07) is 11.7. The van der Waals surface area contributed by atoms with Gasteiger partial charge in [-0.3, -0.25) is 9.69 Å². The molecule has 0 bridgehead atoms. The third kappa shape index (κ3) is 5.73. The number of halogens is 3. The van der Waals surface area contributed by atoms with Gasteiger partial charge in [0.1, 0.15) is 5.75 Å². The SMILES string of the molecule is Cc1c(C(=O)N2CCC(N3C[C@@H](C)O[C@@H](C)C3)CC2)cccc1-c1ccc(OC(F)(F)F)cc1. The second-order valence-electron chi connectivity index (χ2n) is 9.28. The number of likely N-dealkylation sites (tertiary alicyclic amines) is 1. The fraction of sp³-hybridized carbons (Fsp3) is 0.500. The van der Waals surface area contributed by atoms with Crippen LogP contribution in [-0.2, 0) is 4.74 Å². The van der Waals surface area contributed by atoms with Gasteiger partial charge in [-0.1, -0.05) is 24.3 Å². The van der Waals surface area contributed by atoms with E-state index in [1.807, 2.05) is 30.0 Å². The minimum Gasteiger partial charge on any atom is -0.406 e. The van der Waals surface area contributed by atoms with Crippen LogP contribution in [0.2, 0.25) is 0 Å². The van der Waals surface area contributed by atoms with E-state index < -0.39 is 6.36 Å². The molecule has 34 heavy (non-hydrogen) atoms. The smallest absolute Gasteiger partial charge is 0.406 e. The van der Waals surface area contributed by atoms with Crippen molar-refractivity contribution in [3.05, 3.63) is 53.6 Å². The normalized spacial score (nSPS) is 22.6. The lowest BCUT2D eigenvalue weighted by Gasteiger charge is -2.43. The predicted molar refractivity (Wildman–Crippen MR) is 124 cm³/mol. The van der Waals surface area contributed by atoms with E-state index in [4.69, 9.17) is 4.74 Å². The Morgan fingerprint density at radius 2 is 1.62 bits per heavy atom. The molecule has 1 amide bonds. The molecule has 0 aromatic heterocycles. The van der Waals surface area contributed by atoms with E-state index in [0.29, 0.717) is 24.7 Å². The second kappa shape index (κ2) is 9.96. The highest BCUT2D eigenvalue weighted by Crippen LogP contribution is 2.30. The Bertz CT molecular complexity index is 991. The zero-order chi connectivity index (χ0) is 24.5. The molecule has 0 N–H and O–H groups in total. The Morgan fingerprint density at radius 3 is 2.21 bits per heavy atom. The summed E-state index contributed by atoms with van der Waals surface area (Å²) in [6.45, 7) is 9.36. The van der Waals surface area contributed by atoms with Crippen LogP contribution in [0.1, 0.15) is 42.6 Å². The molecule has 2 fully saturated rings. The molecule has 2 saturated heterocycles. The average molecular weight is 477 g/mol. The van der Waals surface area contributed by atoms with E-state index >= 15 is 0 Å². The molecule has 2 aromatic carbocycles. The first kappa shape index (κ1) is 24.5. The Hall–Kier alpha value is -2.58. The summed E-state index contributed by atoms with van der Waals surface area (Å²) in [7, 11) is 0. The van der Waals surface area contributed by atoms with Crippen LogP contribution < -0.4 is 4.74 Å². The van der Waals surface area contributed by atoms with Gasteiger partial charge in [-0.15, -0.1) is 13.2 Å². The largest absolute Gasteiger partial charge is 0.573 e. The van der Waals surface area contributed by atoms with Gasteiger partial charge in [-0.25, -0.2) is 0 Å². The van der Waals surface area contributed by atoms with Crippen molar-refractivity contribution in [3.63, 3.8) is 0 Å². The fourth-order valence-electron chi connectivity index (χ4n) is 5.14. The van der Waals surface area contributed by atoms with Gasteiger partial charge in [0.15, 0.2) is 0 Å². The van der Waals surface area contributed by atoms with Crippen LogP contribution in [0, 0.1) is 6.92 Å². The van der Waals surface area contributed by atoms with E-state index in [1.54, 1.807) is 12.1 Å². The quantitative estimate of drug-likeness (QED) is 0.603. The summed E-state index contributed by atoms with van der Waals surface area (Å²) in [6.07, 6.45) is -2.41. The molecule has 0 aliphatic carbocycles. The van der Waals surface area contributed by atoms with Crippen LogP contribution in [0.5, 0.6) is 5.75 Å². The molecule has 8 heteroatoms. The number of ether oxygens (including phenoxy) is 2. The number of benzene rings is 2. The first-order valence-electron chi connectivity index (χ1n) is 11.8. The standard InChI is InChI=1S/C26H31F3N2O3/c1-17-15-31(16-18(2)33-17)21-11-13-30(14-12-21)25(32)24-6-4-5-23(19(24)3)20-7-9-22(10-8-20)34-26(27,28)29/h4-10,17-18,21H,11-16H2,1-3H3/t17-,18+. The summed E-state index contributed by atoms with van der Waals surface area (Å²) in [5.41, 5.74) is 2.99. The maximum Gasteiger partial charge on any atom is 0.573 e. The third-order valence-electron chi connectivity index (χ3n) is 6.68. The number of piperidine rings is 1. The van der Waals surface area contributed by atoms with Crippen molar-refractivity contribution in [2.24, 2.45) is 0 Å². The molecule has 2 atom stereocenters. The molecule has 0 radical (unpaired) electrons. The first-order valence-corrected chi connectivity index (χ1v) is 11.8. The number of amides is 1. The van der Waals surface area contributed by atoms with Crippen molar-refractivity contribution in [1.29, 1.82) is 0 Å². The topological polar surface area (TPSA) is 42.0 Å². The molecule has 0 unspecified atom stereocenters. The van der Waals surface area contributed by atoms with Gasteiger partial charge in [0.25, 0.3) is 5.91 Å². The van der Waals surface area contributed by atoms with Crippen LogP contribution in [0.15, 0.2) is 42.5 Å². The molecule has 5 nitrogen and oxygen atoms in total. The lowest BCUT2D eigenvalue weighted by Crippen LogP contribution is -2.53. The highest BCUT2D eigenvalue weighted by atomic mass is 19.4. The Kier molecular flexibility index (Phi) is 7.19. The molecule has 2 aliphatic heterocycles. The number of hydrogen-bond acceptors (Lipinski definition) is 4. The molecule has 2 heterocycles. The van der Waals surface area contributed by atoms with Gasteiger partial charge in [0.2, 0.25) is 0 Å². The first-order chi connectivity index (χ1) is 16.1. The second-order valence-corrected chi connectivity index (χ2v) is 9.28. The van der Waals surface area contributed by atoms with Crippen LogP contribution in [0.4, 0.5) is 13.2 Å². The van der Waals surface area contributed by atoms with Gasteiger partial charge in [-0.2, -0.15) is 0 Å². The minimum absolute atomic E-state index is 0.00135. The number of rotatable bonds is 4. The van der Waals surface area contributed by atoms with E-state index in [9.17, 15) is 18.0 Å². The minimum atomic E-state index is -4.73. The van der Waals surface area contributed by atoms with Crippen LogP contribution in [-0.4, -0.2) is 66.5 Å². The molecule has 2 aromatic rings. The Labute approximate surface area is 198 Å². The molecule has 0 saturated carbocycles. The van der Waals surface area contributed by atoms with Crippen molar-refractivity contribution in [3.8, 4) is 16.9 Å². The number of carbonyl (C=O) groups is 1. The summed E-state index contributed by atoms with van der Waals surface area (Å²) < 4.78 is 47.1. The Morgan fingerprint density at radius 1 is 1.00 bits per heavy atom. The summed E-state index contributed by atoms with van der Waals surface area (Å²) >= 11 is 0. The highest BCUT2D eigenvalue weighted by Gasteiger charge is 2.33. The van der Waals surface area contributed by atoms with Crippen molar-refractivity contribution < 1.29 is 27.4 Å². The highest BCUT2D eigenvalue weighted by molar-refractivity contribution is 5.97. The number of hydrogen-bond donors (Lipinski definition) is 0. The number of alkyl halides is 3. The van der Waals surface area contributed by atoms with Gasteiger partial charge >= 0.3 is 6.36 Å². The van der Waals surface area contributed by atoms with Crippen molar-refractivity contribution in [2.45, 2.75) is 58.2 Å². The van der Waals surface area contributed by atoms with Crippen LogP contribution in [0.25, 0.3) is 11.1 Å². The lowest BCUT2D eigenvalue weighted by molar-refractivity contribution is -0.274. The van der Waals surface area contributed by atoms with E-state index in [-0.39, 0.29) is 23.9 Å². The van der Waals surface area contributed by atoms with Crippen molar-refractivity contribution in [2.75, 3.05) is 26.2 Å². The molecular formula is C26H31F3N2O3. The number of nitrogens with zero attached hydrogens (tertiary/aromatic N) is 2. The summed E-state index contributed by atoms with van der Waals surface area (Å²) in [4.78, 5) is 17.8. The van der Waals surface area contributed by atoms with Crippen molar-refractivity contribution >= 4 is 5.91 Å². The van der Waals surface area contributed by atoms with E-state index in [0.717, 1.165) is 42.6 Å². The summed E-state index contributed by atoms with van der Waals surface area (Å²) in [5, 5.41) is 0. The maximum atomic E-state index is 13.3. The summed E-state index contributed by atoms with van der Waals surface area (Å²) in [5.74, 6) is -0.272. The van der Waals surface area contributed by atoms with E-state index in [1.165, 1.54) is 12.1 Å². The Balaban J connectivity index is 1.43. The molecule has 4 rings (SSSR count). The molecule has 2 aliphatic rings. The van der Waals surface area contributed by atoms with Gasteiger partial charge in [0, 0.05) is 37.8 Å².